The van der Waals surface area contributed by atoms with Gasteiger partial charge in [-0.3, -0.25) is 9.69 Å². The van der Waals surface area contributed by atoms with E-state index >= 15 is 0 Å². The lowest BCUT2D eigenvalue weighted by atomic mass is 10.0. The lowest BCUT2D eigenvalue weighted by Crippen LogP contribution is -2.38. The summed E-state index contributed by atoms with van der Waals surface area (Å²) in [6.45, 7) is 6.56. The van der Waals surface area contributed by atoms with E-state index in [9.17, 15) is 4.79 Å². The zero-order chi connectivity index (χ0) is 13.7. The quantitative estimate of drug-likeness (QED) is 0.723. The number of carbonyl (C=O) groups is 1. The maximum Gasteiger partial charge on any atom is 0.246 e. The van der Waals surface area contributed by atoms with Gasteiger partial charge in [0.1, 0.15) is 0 Å². The molecular weight excluding hydrogens is 240 g/mol. The van der Waals surface area contributed by atoms with Crippen LogP contribution in [0.5, 0.6) is 0 Å². The Morgan fingerprint density at radius 1 is 1.47 bits per heavy atom. The first-order valence-electron chi connectivity index (χ1n) is 7.40. The van der Waals surface area contributed by atoms with Gasteiger partial charge in [0.2, 0.25) is 5.91 Å². The molecule has 2 aliphatic rings. The maximum atomic E-state index is 12.0. The number of nitrogens with zero attached hydrogens (tertiary/aromatic N) is 2. The second-order valence-electron chi connectivity index (χ2n) is 5.89. The number of piperidine rings is 1. The standard InChI is InChI=1S/C15H26N2O2/c1-13-5-3-9-17(11-13)15(18)6-4-8-16(2)14-7-10-19-12-14/h4,6,13-14H,3,5,7-12H2,1-2H3/b6-4+/t13-,14+/m1/s1. The van der Waals surface area contributed by atoms with E-state index in [1.165, 1.54) is 6.42 Å². The molecule has 0 unspecified atom stereocenters. The van der Waals surface area contributed by atoms with E-state index in [-0.39, 0.29) is 5.91 Å². The summed E-state index contributed by atoms with van der Waals surface area (Å²) in [5, 5.41) is 0. The molecule has 4 heteroatoms. The zero-order valence-corrected chi connectivity index (χ0v) is 12.2. The minimum atomic E-state index is 0.169. The Bertz CT molecular complexity index is 324. The molecule has 0 aromatic rings. The van der Waals surface area contributed by atoms with Crippen molar-refractivity contribution < 1.29 is 9.53 Å². The highest BCUT2D eigenvalue weighted by molar-refractivity contribution is 5.87. The van der Waals surface area contributed by atoms with Gasteiger partial charge in [0.05, 0.1) is 6.61 Å². The van der Waals surface area contributed by atoms with Crippen molar-refractivity contribution in [2.24, 2.45) is 5.92 Å². The van der Waals surface area contributed by atoms with Gasteiger partial charge in [-0.15, -0.1) is 0 Å². The molecule has 2 fully saturated rings. The van der Waals surface area contributed by atoms with Gasteiger partial charge in [0.15, 0.2) is 0 Å². The normalized spacial score (nSPS) is 28.5. The molecule has 0 radical (unpaired) electrons. The highest BCUT2D eigenvalue weighted by Gasteiger charge is 2.20. The van der Waals surface area contributed by atoms with E-state index in [1.54, 1.807) is 6.08 Å². The van der Waals surface area contributed by atoms with Crippen LogP contribution in [-0.4, -0.2) is 61.6 Å². The van der Waals surface area contributed by atoms with Gasteiger partial charge >= 0.3 is 0 Å². The van der Waals surface area contributed by atoms with E-state index in [1.807, 2.05) is 11.0 Å². The summed E-state index contributed by atoms with van der Waals surface area (Å²) in [5.74, 6) is 0.812. The van der Waals surface area contributed by atoms with Gasteiger partial charge in [0.25, 0.3) is 0 Å². The third-order valence-corrected chi connectivity index (χ3v) is 4.15. The second-order valence-corrected chi connectivity index (χ2v) is 5.89. The average Bonchev–Trinajstić information content (AvgIpc) is 2.92. The van der Waals surface area contributed by atoms with Gasteiger partial charge in [0, 0.05) is 38.4 Å². The first-order chi connectivity index (χ1) is 9.16. The molecule has 0 saturated carbocycles. The third kappa shape index (κ3) is 4.32. The molecular formula is C15H26N2O2. The molecule has 1 amide bonds. The molecule has 2 rings (SSSR count). The largest absolute Gasteiger partial charge is 0.380 e. The highest BCUT2D eigenvalue weighted by Crippen LogP contribution is 2.15. The molecule has 2 saturated heterocycles. The summed E-state index contributed by atoms with van der Waals surface area (Å²) >= 11 is 0. The summed E-state index contributed by atoms with van der Waals surface area (Å²) in [6.07, 6.45) is 7.21. The van der Waals surface area contributed by atoms with Crippen LogP contribution in [0.1, 0.15) is 26.2 Å². The predicted molar refractivity (Wildman–Crippen MR) is 76.0 cm³/mol. The number of hydrogen-bond acceptors (Lipinski definition) is 3. The molecule has 0 aliphatic carbocycles. The first kappa shape index (κ1) is 14.5. The van der Waals surface area contributed by atoms with Crippen LogP contribution in [0.2, 0.25) is 0 Å². The van der Waals surface area contributed by atoms with Crippen LogP contribution in [0.3, 0.4) is 0 Å². The number of amides is 1. The van der Waals surface area contributed by atoms with Crippen molar-refractivity contribution >= 4 is 5.91 Å². The molecule has 0 aromatic heterocycles. The molecule has 0 N–H and O–H groups in total. The van der Waals surface area contributed by atoms with Gasteiger partial charge in [-0.1, -0.05) is 13.0 Å². The summed E-state index contributed by atoms with van der Waals surface area (Å²) in [6, 6.07) is 0.509. The number of carbonyl (C=O) groups excluding carboxylic acids is 1. The smallest absolute Gasteiger partial charge is 0.246 e. The lowest BCUT2D eigenvalue weighted by Gasteiger charge is -2.30. The van der Waals surface area contributed by atoms with Crippen molar-refractivity contribution in [2.45, 2.75) is 32.2 Å². The van der Waals surface area contributed by atoms with Crippen molar-refractivity contribution in [3.8, 4) is 0 Å². The minimum absolute atomic E-state index is 0.169. The SMILES string of the molecule is C[C@@H]1CCCN(C(=O)/C=C/CN(C)[C@H]2CCOC2)C1. The summed E-state index contributed by atoms with van der Waals surface area (Å²) < 4.78 is 5.37. The van der Waals surface area contributed by atoms with Crippen LogP contribution < -0.4 is 0 Å². The highest BCUT2D eigenvalue weighted by atomic mass is 16.5. The van der Waals surface area contributed by atoms with Crippen molar-refractivity contribution in [3.63, 3.8) is 0 Å². The molecule has 2 heterocycles. The second kappa shape index (κ2) is 7.06. The summed E-state index contributed by atoms with van der Waals surface area (Å²) in [4.78, 5) is 16.3. The van der Waals surface area contributed by atoms with Gasteiger partial charge in [-0.25, -0.2) is 0 Å². The zero-order valence-electron chi connectivity index (χ0n) is 12.2. The predicted octanol–water partition coefficient (Wildman–Crippen LogP) is 1.52. The Balaban J connectivity index is 1.73. The van der Waals surface area contributed by atoms with Crippen LogP contribution in [-0.2, 0) is 9.53 Å². The topological polar surface area (TPSA) is 32.8 Å². The maximum absolute atomic E-state index is 12.0. The Kier molecular flexibility index (Phi) is 5.40. The molecule has 2 atom stereocenters. The molecule has 4 nitrogen and oxygen atoms in total. The van der Waals surface area contributed by atoms with Crippen molar-refractivity contribution in [1.82, 2.24) is 9.80 Å². The Labute approximate surface area is 116 Å². The first-order valence-corrected chi connectivity index (χ1v) is 7.40. The van der Waals surface area contributed by atoms with Crippen molar-refractivity contribution in [2.75, 3.05) is 39.9 Å². The molecule has 19 heavy (non-hydrogen) atoms. The Morgan fingerprint density at radius 3 is 3.00 bits per heavy atom. The monoisotopic (exact) mass is 266 g/mol. The number of rotatable bonds is 4. The fourth-order valence-corrected chi connectivity index (χ4v) is 2.83. The van der Waals surface area contributed by atoms with Crippen LogP contribution in [0.15, 0.2) is 12.2 Å². The number of likely N-dealkylation sites (N-methyl/N-ethyl adjacent to an activating group) is 1. The average molecular weight is 266 g/mol. The molecule has 0 spiro atoms. The van der Waals surface area contributed by atoms with E-state index in [2.05, 4.69) is 18.9 Å². The molecule has 2 aliphatic heterocycles. The van der Waals surface area contributed by atoms with Crippen LogP contribution in [0.25, 0.3) is 0 Å². The van der Waals surface area contributed by atoms with Crippen LogP contribution >= 0.6 is 0 Å². The van der Waals surface area contributed by atoms with Gasteiger partial charge in [-0.05, 0) is 32.2 Å². The van der Waals surface area contributed by atoms with Gasteiger partial charge < -0.3 is 9.64 Å². The Morgan fingerprint density at radius 2 is 2.32 bits per heavy atom. The summed E-state index contributed by atoms with van der Waals surface area (Å²) in [5.41, 5.74) is 0. The van der Waals surface area contributed by atoms with Crippen LogP contribution in [0, 0.1) is 5.92 Å². The van der Waals surface area contributed by atoms with E-state index in [4.69, 9.17) is 4.74 Å². The van der Waals surface area contributed by atoms with E-state index in [0.717, 1.165) is 45.7 Å². The number of likely N-dealkylation sites (tertiary alicyclic amines) is 1. The molecule has 0 bridgehead atoms. The minimum Gasteiger partial charge on any atom is -0.380 e. The van der Waals surface area contributed by atoms with Crippen molar-refractivity contribution in [1.29, 1.82) is 0 Å². The fourth-order valence-electron chi connectivity index (χ4n) is 2.83. The number of ether oxygens (including phenoxy) is 1. The van der Waals surface area contributed by atoms with Crippen molar-refractivity contribution in [3.05, 3.63) is 12.2 Å². The molecule has 108 valence electrons. The lowest BCUT2D eigenvalue weighted by molar-refractivity contribution is -0.127. The van der Waals surface area contributed by atoms with E-state index < -0.39 is 0 Å². The van der Waals surface area contributed by atoms with Crippen LogP contribution in [0.4, 0.5) is 0 Å². The fraction of sp³-hybridized carbons (Fsp3) is 0.800. The third-order valence-electron chi connectivity index (χ3n) is 4.15. The van der Waals surface area contributed by atoms with Gasteiger partial charge in [-0.2, -0.15) is 0 Å². The summed E-state index contributed by atoms with van der Waals surface area (Å²) in [7, 11) is 2.09. The number of hydrogen-bond donors (Lipinski definition) is 0. The molecule has 0 aromatic carbocycles. The Hall–Kier alpha value is -0.870. The van der Waals surface area contributed by atoms with E-state index in [0.29, 0.717) is 12.0 Å².